The summed E-state index contributed by atoms with van der Waals surface area (Å²) >= 11 is 5.83. The molecule has 1 amide bonds. The fraction of sp³-hybridized carbons (Fsp3) is 0.259. The Morgan fingerprint density at radius 1 is 1.08 bits per heavy atom. The molecule has 1 aliphatic heterocycles. The Morgan fingerprint density at radius 2 is 1.79 bits per heavy atom. The molecule has 1 N–H and O–H groups in total. The molecule has 0 fully saturated rings. The average molecular weight is 573 g/mol. The van der Waals surface area contributed by atoms with Gasteiger partial charge in [0, 0.05) is 18.8 Å². The first-order chi connectivity index (χ1) is 18.7. The lowest BCUT2D eigenvalue weighted by molar-refractivity contribution is -0.141. The Morgan fingerprint density at radius 3 is 2.46 bits per heavy atom. The van der Waals surface area contributed by atoms with Crippen molar-refractivity contribution in [1.82, 2.24) is 4.31 Å². The molecule has 0 radical (unpaired) electrons. The lowest BCUT2D eigenvalue weighted by atomic mass is 10.1. The number of carbonyl (C=O) groups is 2. The summed E-state index contributed by atoms with van der Waals surface area (Å²) in [7, 11) is -4.31. The number of amides is 1. The fourth-order valence-corrected chi connectivity index (χ4v) is 5.67. The molecule has 0 spiro atoms. The average Bonchev–Trinajstić information content (AvgIpc) is 3.27. The Labute approximate surface area is 230 Å². The van der Waals surface area contributed by atoms with Gasteiger partial charge in [-0.1, -0.05) is 30.0 Å². The number of para-hydroxylation sites is 1. The van der Waals surface area contributed by atoms with E-state index in [4.69, 9.17) is 25.5 Å². The van der Waals surface area contributed by atoms with E-state index < -0.39 is 34.5 Å². The fourth-order valence-electron chi connectivity index (χ4n) is 3.97. The standard InChI is InChI=1S/C27H25ClN2O8S/c1-2-36-15-5-6-16-37-20-9-11-21(12-10-20)39(34,35)30-17-19-7-3-4-8-22(19)29(18-23(30)27(32)33)26(31)24-13-14-25(28)38-24/h3-4,7-14,23H,2,15-18H2,1H3,(H,32,33). The second-order valence-corrected chi connectivity index (χ2v) is 10.6. The number of sulfonamides is 1. The van der Waals surface area contributed by atoms with Gasteiger partial charge in [0.1, 0.15) is 25.0 Å². The highest BCUT2D eigenvalue weighted by Gasteiger charge is 2.42. The van der Waals surface area contributed by atoms with E-state index >= 15 is 0 Å². The second-order valence-electron chi connectivity index (χ2n) is 8.30. The summed E-state index contributed by atoms with van der Waals surface area (Å²) in [5, 5.41) is 10.1. The quantitative estimate of drug-likeness (QED) is 0.320. The summed E-state index contributed by atoms with van der Waals surface area (Å²) < 4.78 is 44.2. The lowest BCUT2D eigenvalue weighted by Gasteiger charge is -2.28. The molecule has 0 saturated carbocycles. The monoisotopic (exact) mass is 572 g/mol. The molecule has 10 nitrogen and oxygen atoms in total. The third-order valence-corrected chi connectivity index (χ3v) is 7.94. The number of carboxylic acids is 1. The highest BCUT2D eigenvalue weighted by atomic mass is 35.5. The molecule has 0 bridgehead atoms. The van der Waals surface area contributed by atoms with Crippen LogP contribution in [0.15, 0.2) is 70.0 Å². The van der Waals surface area contributed by atoms with Crippen LogP contribution in [0.3, 0.4) is 0 Å². The van der Waals surface area contributed by atoms with Gasteiger partial charge < -0.3 is 23.9 Å². The number of anilines is 1. The predicted octanol–water partition coefficient (Wildman–Crippen LogP) is 3.66. The molecule has 1 aromatic heterocycles. The maximum Gasteiger partial charge on any atom is 0.323 e. The zero-order chi connectivity index (χ0) is 28.0. The van der Waals surface area contributed by atoms with Crippen LogP contribution in [0.5, 0.6) is 5.75 Å². The molecule has 2 aromatic carbocycles. The van der Waals surface area contributed by atoms with E-state index in [-0.39, 0.29) is 29.0 Å². The maximum atomic E-state index is 13.7. The minimum atomic E-state index is -4.31. The van der Waals surface area contributed by atoms with Crippen LogP contribution in [0.25, 0.3) is 0 Å². The summed E-state index contributed by atoms with van der Waals surface area (Å²) in [5.41, 5.74) is 0.814. The largest absolute Gasteiger partial charge is 0.481 e. The van der Waals surface area contributed by atoms with Gasteiger partial charge in [-0.3, -0.25) is 9.59 Å². The molecule has 39 heavy (non-hydrogen) atoms. The van der Waals surface area contributed by atoms with Gasteiger partial charge in [-0.05, 0) is 66.6 Å². The number of rotatable bonds is 8. The van der Waals surface area contributed by atoms with E-state index in [1.54, 1.807) is 24.3 Å². The smallest absolute Gasteiger partial charge is 0.323 e. The molecular formula is C27H25ClN2O8S. The summed E-state index contributed by atoms with van der Waals surface area (Å²) in [6, 6.07) is 13.4. The van der Waals surface area contributed by atoms with Gasteiger partial charge >= 0.3 is 5.97 Å². The van der Waals surface area contributed by atoms with Crippen LogP contribution in [0.4, 0.5) is 5.69 Å². The van der Waals surface area contributed by atoms with Crippen LogP contribution in [-0.4, -0.2) is 62.1 Å². The van der Waals surface area contributed by atoms with E-state index in [0.717, 1.165) is 4.31 Å². The van der Waals surface area contributed by atoms with Gasteiger partial charge in [-0.25, -0.2) is 8.42 Å². The molecule has 1 aliphatic rings. The van der Waals surface area contributed by atoms with Crippen molar-refractivity contribution < 1.29 is 37.0 Å². The Hall–Kier alpha value is -3.82. The number of aliphatic carboxylic acids is 1. The first-order valence-electron chi connectivity index (χ1n) is 11.9. The zero-order valence-electron chi connectivity index (χ0n) is 20.9. The van der Waals surface area contributed by atoms with Gasteiger partial charge in [0.2, 0.25) is 10.0 Å². The van der Waals surface area contributed by atoms with Crippen molar-refractivity contribution in [3.05, 3.63) is 77.2 Å². The molecule has 4 rings (SSSR count). The van der Waals surface area contributed by atoms with Gasteiger partial charge in [0.05, 0.1) is 11.4 Å². The van der Waals surface area contributed by atoms with Crippen molar-refractivity contribution in [2.45, 2.75) is 24.4 Å². The molecule has 1 atom stereocenters. The minimum Gasteiger partial charge on any atom is -0.481 e. The van der Waals surface area contributed by atoms with Crippen molar-refractivity contribution >= 4 is 39.2 Å². The van der Waals surface area contributed by atoms with E-state index in [2.05, 4.69) is 11.8 Å². The Balaban J connectivity index is 1.62. The summed E-state index contributed by atoms with van der Waals surface area (Å²) in [5.74, 6) is 3.82. The molecule has 3 aromatic rings. The van der Waals surface area contributed by atoms with Gasteiger partial charge in [0.25, 0.3) is 5.91 Å². The van der Waals surface area contributed by atoms with E-state index in [9.17, 15) is 23.1 Å². The minimum absolute atomic E-state index is 0.00886. The zero-order valence-corrected chi connectivity index (χ0v) is 22.4. The molecule has 204 valence electrons. The Kier molecular flexibility index (Phi) is 8.93. The lowest BCUT2D eigenvalue weighted by Crippen LogP contribution is -2.50. The van der Waals surface area contributed by atoms with E-state index in [1.165, 1.54) is 41.3 Å². The van der Waals surface area contributed by atoms with Crippen LogP contribution in [0.1, 0.15) is 23.0 Å². The van der Waals surface area contributed by atoms with Gasteiger partial charge in [-0.2, -0.15) is 4.31 Å². The van der Waals surface area contributed by atoms with Crippen molar-refractivity contribution in [3.8, 4) is 17.6 Å². The first kappa shape index (κ1) is 28.2. The van der Waals surface area contributed by atoms with Gasteiger partial charge in [-0.15, -0.1) is 0 Å². The van der Waals surface area contributed by atoms with Crippen molar-refractivity contribution in [3.63, 3.8) is 0 Å². The first-order valence-corrected chi connectivity index (χ1v) is 13.7. The number of halogens is 1. The number of carbonyl (C=O) groups excluding carboxylic acids is 1. The molecule has 1 unspecified atom stereocenters. The highest BCUT2D eigenvalue weighted by Crippen LogP contribution is 2.33. The van der Waals surface area contributed by atoms with Crippen LogP contribution >= 0.6 is 11.6 Å². The summed E-state index contributed by atoms with van der Waals surface area (Å²) in [6.45, 7) is 2.08. The van der Waals surface area contributed by atoms with Crippen LogP contribution in [-0.2, 0) is 26.1 Å². The normalized spacial score (nSPS) is 15.5. The maximum absolute atomic E-state index is 13.7. The number of fused-ring (bicyclic) bond motifs is 1. The van der Waals surface area contributed by atoms with Crippen LogP contribution in [0.2, 0.25) is 5.22 Å². The molecule has 0 aliphatic carbocycles. The number of benzene rings is 2. The summed E-state index contributed by atoms with van der Waals surface area (Å²) in [6.07, 6.45) is 0. The van der Waals surface area contributed by atoms with Crippen LogP contribution < -0.4 is 9.64 Å². The van der Waals surface area contributed by atoms with Gasteiger partial charge in [0.15, 0.2) is 11.0 Å². The number of nitrogens with zero attached hydrogens (tertiary/aromatic N) is 2. The molecule has 12 heteroatoms. The second kappa shape index (κ2) is 12.4. The predicted molar refractivity (Wildman–Crippen MR) is 142 cm³/mol. The molecular weight excluding hydrogens is 548 g/mol. The van der Waals surface area contributed by atoms with Crippen LogP contribution in [0, 0.1) is 11.8 Å². The number of ether oxygens (including phenoxy) is 2. The van der Waals surface area contributed by atoms with Crippen molar-refractivity contribution in [2.24, 2.45) is 0 Å². The number of hydrogen-bond donors (Lipinski definition) is 1. The third-order valence-electron chi connectivity index (χ3n) is 5.87. The highest BCUT2D eigenvalue weighted by molar-refractivity contribution is 7.89. The van der Waals surface area contributed by atoms with E-state index in [0.29, 0.717) is 30.2 Å². The SMILES string of the molecule is CCOCC#CCOc1ccc(S(=O)(=O)N2Cc3ccccc3N(C(=O)c3ccc(Cl)o3)CC2C(=O)O)cc1. The number of hydrogen-bond acceptors (Lipinski definition) is 7. The topological polar surface area (TPSA) is 127 Å². The van der Waals surface area contributed by atoms with Crippen molar-refractivity contribution in [1.29, 1.82) is 0 Å². The van der Waals surface area contributed by atoms with E-state index in [1.807, 2.05) is 6.92 Å². The molecule has 0 saturated heterocycles. The number of carboxylic acid groups (broad SMARTS) is 1. The number of furan rings is 1. The van der Waals surface area contributed by atoms with Crippen molar-refractivity contribution in [2.75, 3.05) is 31.3 Å². The Bertz CT molecular complexity index is 1510. The third kappa shape index (κ3) is 6.43. The summed E-state index contributed by atoms with van der Waals surface area (Å²) in [4.78, 5) is 26.8. The molecule has 2 heterocycles.